The summed E-state index contributed by atoms with van der Waals surface area (Å²) < 4.78 is 18.2. The number of Topliss-reactive ketones (excluding diaryl/α,β-unsaturated/α-hetero) is 1. The van der Waals surface area contributed by atoms with Gasteiger partial charge in [0.25, 0.3) is 0 Å². The van der Waals surface area contributed by atoms with E-state index in [0.29, 0.717) is 11.0 Å². The minimum absolute atomic E-state index is 0.0426. The number of phenols is 1. The molecule has 206 valence electrons. The Morgan fingerprint density at radius 2 is 1.52 bits per heavy atom. The van der Waals surface area contributed by atoms with E-state index in [2.05, 4.69) is 29.6 Å². The molecule has 2 aliphatic rings. The lowest BCUT2D eigenvalue weighted by atomic mass is 9.77. The van der Waals surface area contributed by atoms with E-state index in [1.807, 2.05) is 52.0 Å². The topological polar surface area (TPSA) is 94.1 Å². The summed E-state index contributed by atoms with van der Waals surface area (Å²) in [7, 11) is -0.728. The molecule has 1 aliphatic heterocycles. The molecule has 1 amide bonds. The van der Waals surface area contributed by atoms with Crippen molar-refractivity contribution in [1.82, 2.24) is 5.32 Å². The van der Waals surface area contributed by atoms with Crippen LogP contribution in [0.2, 0.25) is 0 Å². The maximum atomic E-state index is 12.9. The number of hydrogen-bond acceptors (Lipinski definition) is 6. The minimum Gasteiger partial charge on any atom is -0.507 e. The Balaban J connectivity index is 1.32. The fourth-order valence-corrected chi connectivity index (χ4v) is 5.17. The number of carbonyl (C=O) groups excluding carboxylic acids is 2. The largest absolute Gasteiger partial charge is 0.507 e. The first-order chi connectivity index (χ1) is 19.0. The van der Waals surface area contributed by atoms with Gasteiger partial charge in [-0.25, -0.2) is 4.79 Å². The minimum atomic E-state index is -0.728. The zero-order valence-electron chi connectivity index (χ0n) is 23.5. The second kappa shape index (κ2) is 10.6. The predicted molar refractivity (Wildman–Crippen MR) is 155 cm³/mol. The number of rotatable bonds is 7. The van der Waals surface area contributed by atoms with Gasteiger partial charge in [0.1, 0.15) is 12.4 Å². The van der Waals surface area contributed by atoms with Crippen molar-refractivity contribution in [2.75, 3.05) is 13.2 Å². The number of benzene rings is 3. The summed E-state index contributed by atoms with van der Waals surface area (Å²) in [5.41, 5.74) is 4.97. The van der Waals surface area contributed by atoms with Crippen molar-refractivity contribution in [3.63, 3.8) is 0 Å². The van der Waals surface area contributed by atoms with Gasteiger partial charge in [0, 0.05) is 12.5 Å². The number of fused-ring (bicyclic) bond motifs is 3. The van der Waals surface area contributed by atoms with E-state index in [1.165, 1.54) is 13.0 Å². The molecule has 1 heterocycles. The smallest absolute Gasteiger partial charge is 0.492 e. The number of nitrogens with one attached hydrogen (secondary N) is 1. The van der Waals surface area contributed by atoms with Crippen LogP contribution in [0.3, 0.4) is 0 Å². The van der Waals surface area contributed by atoms with Gasteiger partial charge in [0.05, 0.1) is 16.8 Å². The number of amides is 1. The SMILES string of the molecule is CC(=O)c1ccc(C=C(CNC(=O)OCC2c3ccccc3-c3ccccc32)B2OC(C)(C)C(C)(C)O2)cc1O. The number of hydrogen-bond donors (Lipinski definition) is 2. The van der Waals surface area contributed by atoms with Gasteiger partial charge in [-0.1, -0.05) is 60.7 Å². The highest BCUT2D eigenvalue weighted by Crippen LogP contribution is 2.44. The maximum Gasteiger partial charge on any atom is 0.492 e. The molecule has 40 heavy (non-hydrogen) atoms. The van der Waals surface area contributed by atoms with Crippen molar-refractivity contribution in [1.29, 1.82) is 0 Å². The van der Waals surface area contributed by atoms with Gasteiger partial charge in [-0.2, -0.15) is 0 Å². The summed E-state index contributed by atoms with van der Waals surface area (Å²) in [5, 5.41) is 13.2. The number of ketones is 1. The Labute approximate surface area is 235 Å². The lowest BCUT2D eigenvalue weighted by molar-refractivity contribution is 0.00578. The van der Waals surface area contributed by atoms with Crippen molar-refractivity contribution >= 4 is 25.1 Å². The molecule has 0 radical (unpaired) electrons. The highest BCUT2D eigenvalue weighted by atomic mass is 16.7. The fraction of sp³-hybridized carbons (Fsp3) is 0.312. The van der Waals surface area contributed by atoms with Gasteiger partial charge in [-0.05, 0) is 80.0 Å². The standard InChI is InChI=1S/C32H34BNO6/c1-20(35)23-15-14-21(17-29(23)36)16-22(33-39-31(2,3)32(4,5)40-33)18-34-30(37)38-19-28-26-12-8-6-10-24(26)25-11-7-9-13-27(25)28/h6-17,28,36H,18-19H2,1-5H3,(H,34,37). The highest BCUT2D eigenvalue weighted by molar-refractivity contribution is 6.56. The third-order valence-corrected chi connectivity index (χ3v) is 8.09. The molecule has 8 heteroatoms. The molecule has 3 aromatic carbocycles. The van der Waals surface area contributed by atoms with Crippen LogP contribution >= 0.6 is 0 Å². The number of alkyl carbamates (subject to hydrolysis) is 1. The van der Waals surface area contributed by atoms with Crippen LogP contribution < -0.4 is 5.32 Å². The maximum absolute atomic E-state index is 12.9. The van der Waals surface area contributed by atoms with Gasteiger partial charge in [-0.3, -0.25) is 4.79 Å². The van der Waals surface area contributed by atoms with E-state index in [9.17, 15) is 14.7 Å². The number of aromatic hydroxyl groups is 1. The van der Waals surface area contributed by atoms with Crippen LogP contribution in [0.25, 0.3) is 17.2 Å². The summed E-state index contributed by atoms with van der Waals surface area (Å²) in [6.07, 6.45) is 1.23. The van der Waals surface area contributed by atoms with Gasteiger partial charge in [0.2, 0.25) is 0 Å². The third-order valence-electron chi connectivity index (χ3n) is 8.09. The zero-order chi connectivity index (χ0) is 28.7. The molecule has 1 fully saturated rings. The Morgan fingerprint density at radius 3 is 2.08 bits per heavy atom. The fourth-order valence-electron chi connectivity index (χ4n) is 5.17. The van der Waals surface area contributed by atoms with Crippen molar-refractivity contribution in [3.05, 3.63) is 94.5 Å². The molecule has 5 rings (SSSR count). The van der Waals surface area contributed by atoms with Gasteiger partial charge < -0.3 is 24.5 Å². The summed E-state index contributed by atoms with van der Waals surface area (Å²) in [6, 6.07) is 21.2. The summed E-state index contributed by atoms with van der Waals surface area (Å²) in [5.74, 6) is -0.380. The van der Waals surface area contributed by atoms with E-state index >= 15 is 0 Å². The van der Waals surface area contributed by atoms with Crippen LogP contribution in [-0.2, 0) is 14.0 Å². The molecule has 3 aromatic rings. The van der Waals surface area contributed by atoms with Crippen LogP contribution in [-0.4, -0.2) is 48.5 Å². The molecule has 0 spiro atoms. The lowest BCUT2D eigenvalue weighted by Gasteiger charge is -2.32. The zero-order valence-corrected chi connectivity index (χ0v) is 23.5. The highest BCUT2D eigenvalue weighted by Gasteiger charge is 2.52. The molecule has 1 saturated heterocycles. The van der Waals surface area contributed by atoms with Crippen LogP contribution in [0.15, 0.2) is 72.2 Å². The first-order valence-electron chi connectivity index (χ1n) is 13.5. The first-order valence-corrected chi connectivity index (χ1v) is 13.5. The Morgan fingerprint density at radius 1 is 0.950 bits per heavy atom. The van der Waals surface area contributed by atoms with E-state index in [-0.39, 0.29) is 36.2 Å². The van der Waals surface area contributed by atoms with Gasteiger partial charge in [-0.15, -0.1) is 0 Å². The molecular formula is C32H34BNO6. The van der Waals surface area contributed by atoms with Crippen LogP contribution in [0.1, 0.15) is 67.6 Å². The summed E-state index contributed by atoms with van der Waals surface area (Å²) >= 11 is 0. The molecular weight excluding hydrogens is 505 g/mol. The average Bonchev–Trinajstić information content (AvgIpc) is 3.34. The van der Waals surface area contributed by atoms with E-state index in [4.69, 9.17) is 14.0 Å². The molecule has 2 N–H and O–H groups in total. The molecule has 0 aromatic heterocycles. The van der Waals surface area contributed by atoms with Crippen molar-refractivity contribution in [3.8, 4) is 16.9 Å². The Bertz CT molecular complexity index is 1430. The third kappa shape index (κ3) is 5.29. The molecule has 0 unspecified atom stereocenters. The molecule has 0 bridgehead atoms. The monoisotopic (exact) mass is 539 g/mol. The van der Waals surface area contributed by atoms with Crippen LogP contribution in [0, 0.1) is 0 Å². The Hall–Kier alpha value is -3.88. The normalized spacial score (nSPS) is 17.3. The number of ether oxygens (including phenoxy) is 1. The second-order valence-electron chi connectivity index (χ2n) is 11.3. The molecule has 0 saturated carbocycles. The van der Waals surface area contributed by atoms with Gasteiger partial charge >= 0.3 is 13.2 Å². The van der Waals surface area contributed by atoms with E-state index in [0.717, 1.165) is 22.3 Å². The van der Waals surface area contributed by atoms with Crippen LogP contribution in [0.5, 0.6) is 5.75 Å². The average molecular weight is 539 g/mol. The Kier molecular flexibility index (Phi) is 7.33. The summed E-state index contributed by atoms with van der Waals surface area (Å²) in [4.78, 5) is 24.6. The second-order valence-corrected chi connectivity index (χ2v) is 11.3. The van der Waals surface area contributed by atoms with Crippen molar-refractivity contribution in [2.24, 2.45) is 0 Å². The van der Waals surface area contributed by atoms with Crippen molar-refractivity contribution < 1.29 is 28.7 Å². The number of carbonyl (C=O) groups is 2. The first kappa shape index (κ1) is 27.7. The molecule has 1 aliphatic carbocycles. The van der Waals surface area contributed by atoms with E-state index in [1.54, 1.807) is 18.2 Å². The van der Waals surface area contributed by atoms with Crippen LogP contribution in [0.4, 0.5) is 4.79 Å². The van der Waals surface area contributed by atoms with Gasteiger partial charge in [0.15, 0.2) is 5.78 Å². The summed E-state index contributed by atoms with van der Waals surface area (Å²) in [6.45, 7) is 9.53. The molecule has 0 atom stereocenters. The quantitative estimate of drug-likeness (QED) is 0.277. The van der Waals surface area contributed by atoms with Crippen molar-refractivity contribution in [2.45, 2.75) is 51.7 Å². The van der Waals surface area contributed by atoms with E-state index < -0.39 is 24.4 Å². The lowest BCUT2D eigenvalue weighted by Crippen LogP contribution is -2.41. The number of phenolic OH excluding ortho intramolecular Hbond substituents is 1. The molecule has 7 nitrogen and oxygen atoms in total. The predicted octanol–water partition coefficient (Wildman–Crippen LogP) is 6.15.